The van der Waals surface area contributed by atoms with E-state index in [0.29, 0.717) is 11.2 Å². The van der Waals surface area contributed by atoms with Gasteiger partial charge in [0.25, 0.3) is 0 Å². The van der Waals surface area contributed by atoms with E-state index < -0.39 is 11.7 Å². The molecule has 19 heavy (non-hydrogen) atoms. The number of carbonyl (C=O) groups excluding carboxylic acids is 2. The first kappa shape index (κ1) is 13.7. The molecule has 0 fully saturated rings. The van der Waals surface area contributed by atoms with E-state index in [1.54, 1.807) is 45.9 Å². The van der Waals surface area contributed by atoms with Gasteiger partial charge in [0.05, 0.1) is 11.6 Å². The van der Waals surface area contributed by atoms with Gasteiger partial charge >= 0.3 is 6.09 Å². The molecule has 1 aromatic carbocycles. The summed E-state index contributed by atoms with van der Waals surface area (Å²) in [5.41, 5.74) is 1.25. The van der Waals surface area contributed by atoms with Gasteiger partial charge in [-0.25, -0.2) is 9.69 Å². The molecule has 1 aromatic rings. The Morgan fingerprint density at radius 3 is 2.58 bits per heavy atom. The molecular weight excluding hydrogens is 241 g/mol. The standard InChI is InChI=1S/C14H16BNO3/c1-8-10-7-9(15)5-6-11(10)16(12(8)17)13(18)19-14(2,3)4/h5-8H,1-4H3. The summed E-state index contributed by atoms with van der Waals surface area (Å²) in [5.74, 6) is -0.666. The van der Waals surface area contributed by atoms with E-state index in [1.165, 1.54) is 0 Å². The zero-order chi connectivity index (χ0) is 14.4. The van der Waals surface area contributed by atoms with Crippen LogP contribution in [0.4, 0.5) is 10.5 Å². The topological polar surface area (TPSA) is 46.6 Å². The number of amides is 2. The van der Waals surface area contributed by atoms with E-state index in [-0.39, 0.29) is 11.8 Å². The average molecular weight is 257 g/mol. The predicted molar refractivity (Wildman–Crippen MR) is 74.0 cm³/mol. The number of ether oxygens (including phenoxy) is 1. The van der Waals surface area contributed by atoms with Gasteiger partial charge in [0, 0.05) is 0 Å². The molecule has 0 aromatic heterocycles. The molecule has 2 radical (unpaired) electrons. The lowest BCUT2D eigenvalue weighted by molar-refractivity contribution is -0.118. The second-order valence-electron chi connectivity index (χ2n) is 5.69. The minimum Gasteiger partial charge on any atom is -0.443 e. The lowest BCUT2D eigenvalue weighted by Crippen LogP contribution is -2.39. The molecule has 2 rings (SSSR count). The van der Waals surface area contributed by atoms with Gasteiger partial charge in [-0.3, -0.25) is 4.79 Å². The fraction of sp³-hybridized carbons (Fsp3) is 0.429. The van der Waals surface area contributed by atoms with Crippen LogP contribution >= 0.6 is 0 Å². The molecule has 1 heterocycles. The third-order valence-electron chi connectivity index (χ3n) is 2.93. The van der Waals surface area contributed by atoms with Crippen LogP contribution in [0.3, 0.4) is 0 Å². The van der Waals surface area contributed by atoms with Gasteiger partial charge in [-0.15, -0.1) is 0 Å². The van der Waals surface area contributed by atoms with Crippen molar-refractivity contribution in [3.05, 3.63) is 23.8 Å². The Bertz CT molecular complexity index is 548. The van der Waals surface area contributed by atoms with Crippen LogP contribution in [0.1, 0.15) is 39.2 Å². The number of fused-ring (bicyclic) bond motifs is 1. The van der Waals surface area contributed by atoms with Crippen molar-refractivity contribution >= 4 is 31.0 Å². The largest absolute Gasteiger partial charge is 0.443 e. The van der Waals surface area contributed by atoms with Crippen LogP contribution in [0.15, 0.2) is 18.2 Å². The minimum absolute atomic E-state index is 0.283. The highest BCUT2D eigenvalue weighted by Crippen LogP contribution is 2.37. The first-order chi connectivity index (χ1) is 8.70. The van der Waals surface area contributed by atoms with Gasteiger partial charge in [-0.05, 0) is 39.3 Å². The summed E-state index contributed by atoms with van der Waals surface area (Å²) in [4.78, 5) is 25.4. The third-order valence-corrected chi connectivity index (χ3v) is 2.93. The van der Waals surface area contributed by atoms with Gasteiger partial charge in [0.15, 0.2) is 0 Å². The zero-order valence-electron chi connectivity index (χ0n) is 11.6. The van der Waals surface area contributed by atoms with Crippen molar-refractivity contribution in [2.45, 2.75) is 39.2 Å². The summed E-state index contributed by atoms with van der Waals surface area (Å²) in [5, 5.41) is 0. The van der Waals surface area contributed by atoms with Crippen molar-refractivity contribution in [3.63, 3.8) is 0 Å². The fourth-order valence-electron chi connectivity index (χ4n) is 2.06. The van der Waals surface area contributed by atoms with E-state index in [2.05, 4.69) is 0 Å². The zero-order valence-corrected chi connectivity index (χ0v) is 11.6. The van der Waals surface area contributed by atoms with Crippen molar-refractivity contribution in [2.24, 2.45) is 0 Å². The van der Waals surface area contributed by atoms with E-state index in [9.17, 15) is 9.59 Å². The first-order valence-corrected chi connectivity index (χ1v) is 6.17. The van der Waals surface area contributed by atoms with Gasteiger partial charge in [-0.1, -0.05) is 17.6 Å². The molecule has 0 bridgehead atoms. The lowest BCUT2D eigenvalue weighted by Gasteiger charge is -2.23. The maximum absolute atomic E-state index is 12.2. The summed E-state index contributed by atoms with van der Waals surface area (Å²) in [7, 11) is 5.72. The molecule has 0 spiro atoms. The summed E-state index contributed by atoms with van der Waals surface area (Å²) in [6.45, 7) is 7.04. The smallest absolute Gasteiger partial charge is 0.421 e. The number of benzene rings is 1. The van der Waals surface area contributed by atoms with Crippen LogP contribution in [0.2, 0.25) is 0 Å². The van der Waals surface area contributed by atoms with Crippen LogP contribution in [0, 0.1) is 0 Å². The second kappa shape index (κ2) is 4.40. The third kappa shape index (κ3) is 2.50. The quantitative estimate of drug-likeness (QED) is 0.666. The summed E-state index contributed by atoms with van der Waals surface area (Å²) in [6, 6.07) is 5.07. The highest BCUT2D eigenvalue weighted by Gasteiger charge is 2.40. The predicted octanol–water partition coefficient (Wildman–Crippen LogP) is 1.87. The summed E-state index contributed by atoms with van der Waals surface area (Å²) < 4.78 is 5.26. The first-order valence-electron chi connectivity index (χ1n) is 6.17. The van der Waals surface area contributed by atoms with E-state index in [0.717, 1.165) is 10.5 Å². The number of nitrogens with zero attached hydrogens (tertiary/aromatic N) is 1. The number of hydrogen-bond acceptors (Lipinski definition) is 3. The Balaban J connectivity index is 2.39. The SMILES string of the molecule is [B]c1ccc2c(c1)C(C)C(=O)N2C(=O)OC(C)(C)C. The Kier molecular flexibility index (Phi) is 3.16. The molecule has 5 heteroatoms. The van der Waals surface area contributed by atoms with Gasteiger partial charge < -0.3 is 4.74 Å². The highest BCUT2D eigenvalue weighted by atomic mass is 16.6. The monoisotopic (exact) mass is 257 g/mol. The van der Waals surface area contributed by atoms with Crippen molar-refractivity contribution in [2.75, 3.05) is 4.90 Å². The van der Waals surface area contributed by atoms with Crippen LogP contribution in [-0.4, -0.2) is 25.4 Å². The second-order valence-corrected chi connectivity index (χ2v) is 5.69. The van der Waals surface area contributed by atoms with Gasteiger partial charge in [0.2, 0.25) is 5.91 Å². The van der Waals surface area contributed by atoms with Crippen LogP contribution < -0.4 is 10.4 Å². The van der Waals surface area contributed by atoms with Crippen molar-refractivity contribution in [3.8, 4) is 0 Å². The Morgan fingerprint density at radius 1 is 1.37 bits per heavy atom. The molecule has 0 saturated heterocycles. The Hall–Kier alpha value is -1.78. The van der Waals surface area contributed by atoms with Gasteiger partial charge in [-0.2, -0.15) is 0 Å². The number of imide groups is 1. The lowest BCUT2D eigenvalue weighted by atomic mass is 9.91. The van der Waals surface area contributed by atoms with E-state index >= 15 is 0 Å². The molecule has 1 aliphatic rings. The molecule has 1 unspecified atom stereocenters. The van der Waals surface area contributed by atoms with Crippen molar-refractivity contribution in [1.29, 1.82) is 0 Å². The van der Waals surface area contributed by atoms with Gasteiger partial charge in [0.1, 0.15) is 13.4 Å². The Morgan fingerprint density at radius 2 is 2.00 bits per heavy atom. The number of hydrogen-bond donors (Lipinski definition) is 0. The molecule has 1 aliphatic heterocycles. The molecular formula is C14H16BNO3. The van der Waals surface area contributed by atoms with Crippen molar-refractivity contribution < 1.29 is 14.3 Å². The van der Waals surface area contributed by atoms with Crippen LogP contribution in [-0.2, 0) is 9.53 Å². The molecule has 4 nitrogen and oxygen atoms in total. The van der Waals surface area contributed by atoms with Crippen molar-refractivity contribution in [1.82, 2.24) is 0 Å². The van der Waals surface area contributed by atoms with Crippen LogP contribution in [0.5, 0.6) is 0 Å². The summed E-state index contributed by atoms with van der Waals surface area (Å²) in [6.07, 6.45) is -0.645. The molecule has 2 amide bonds. The molecule has 0 saturated carbocycles. The molecule has 0 aliphatic carbocycles. The average Bonchev–Trinajstić information content (AvgIpc) is 2.50. The molecule has 1 atom stereocenters. The minimum atomic E-state index is -0.645. The molecule has 98 valence electrons. The summed E-state index contributed by atoms with van der Waals surface area (Å²) >= 11 is 0. The normalized spacial score (nSPS) is 18.4. The fourth-order valence-corrected chi connectivity index (χ4v) is 2.06. The highest BCUT2D eigenvalue weighted by molar-refractivity contribution is 6.33. The maximum Gasteiger partial charge on any atom is 0.421 e. The van der Waals surface area contributed by atoms with Crippen LogP contribution in [0.25, 0.3) is 0 Å². The number of anilines is 1. The number of rotatable bonds is 0. The van der Waals surface area contributed by atoms with E-state index in [4.69, 9.17) is 12.6 Å². The van der Waals surface area contributed by atoms with E-state index in [1.807, 2.05) is 0 Å². The number of carbonyl (C=O) groups is 2. The molecule has 0 N–H and O–H groups in total. The Labute approximate surface area is 114 Å². The maximum atomic E-state index is 12.2.